The molecule has 0 bridgehead atoms. The van der Waals surface area contributed by atoms with Gasteiger partial charge >= 0.3 is 0 Å². The molecule has 1 aliphatic carbocycles. The summed E-state index contributed by atoms with van der Waals surface area (Å²) in [5, 5.41) is 7.32. The van der Waals surface area contributed by atoms with Gasteiger partial charge in [0.05, 0.1) is 17.4 Å². The summed E-state index contributed by atoms with van der Waals surface area (Å²) in [6.07, 6.45) is 3.88. The summed E-state index contributed by atoms with van der Waals surface area (Å²) in [6.45, 7) is 6.28. The molecular weight excluding hydrogens is 278 g/mol. The van der Waals surface area contributed by atoms with Gasteiger partial charge in [-0.25, -0.2) is 4.98 Å². The molecule has 1 fully saturated rings. The van der Waals surface area contributed by atoms with Crippen LogP contribution in [-0.4, -0.2) is 20.7 Å². The topological polar surface area (TPSA) is 85.8 Å². The van der Waals surface area contributed by atoms with Gasteiger partial charge in [-0.05, 0) is 51.8 Å². The molecule has 0 unspecified atom stereocenters. The van der Waals surface area contributed by atoms with Crippen molar-refractivity contribution in [3.63, 3.8) is 0 Å². The molecule has 0 aromatic carbocycles. The van der Waals surface area contributed by atoms with Gasteiger partial charge in [-0.2, -0.15) is 5.10 Å². The smallest absolute Gasteiger partial charge is 0.276 e. The second-order valence-corrected chi connectivity index (χ2v) is 6.74. The number of carbonyl (C=O) groups excluding carboxylic acids is 1. The molecule has 2 heterocycles. The van der Waals surface area contributed by atoms with Crippen molar-refractivity contribution in [2.24, 2.45) is 0 Å². The number of rotatable bonds is 3. The van der Waals surface area contributed by atoms with E-state index in [1.165, 1.54) is 19.0 Å². The molecule has 1 amide bonds. The molecule has 3 rings (SSSR count). The standard InChI is InChI=1S/C16H21N5O/c1-16(2,3)21-13(10-4-5-10)8-12(20-21)15(22)19-11-6-7-14(17)18-9-11/h6-10H,4-5H2,1-3H3,(H2,17,18)(H,19,22). The summed E-state index contributed by atoms with van der Waals surface area (Å²) in [7, 11) is 0. The first-order valence-electron chi connectivity index (χ1n) is 7.48. The summed E-state index contributed by atoms with van der Waals surface area (Å²) in [6, 6.07) is 5.28. The van der Waals surface area contributed by atoms with Gasteiger partial charge in [-0.3, -0.25) is 9.48 Å². The monoisotopic (exact) mass is 299 g/mol. The van der Waals surface area contributed by atoms with E-state index in [1.54, 1.807) is 12.1 Å². The lowest BCUT2D eigenvalue weighted by atomic mass is 10.1. The van der Waals surface area contributed by atoms with E-state index in [9.17, 15) is 4.79 Å². The first-order chi connectivity index (χ1) is 10.3. The number of nitrogens with one attached hydrogen (secondary N) is 1. The zero-order chi connectivity index (χ0) is 15.9. The van der Waals surface area contributed by atoms with Crippen LogP contribution in [0.25, 0.3) is 0 Å². The minimum absolute atomic E-state index is 0.140. The van der Waals surface area contributed by atoms with Crippen molar-refractivity contribution in [3.8, 4) is 0 Å². The number of amides is 1. The van der Waals surface area contributed by atoms with Crippen molar-refractivity contribution in [1.82, 2.24) is 14.8 Å². The molecule has 0 atom stereocenters. The molecule has 1 saturated carbocycles. The van der Waals surface area contributed by atoms with Gasteiger partial charge in [0.1, 0.15) is 5.82 Å². The molecule has 0 aliphatic heterocycles. The first kappa shape index (κ1) is 14.6. The lowest BCUT2D eigenvalue weighted by Crippen LogP contribution is -2.25. The minimum atomic E-state index is -0.225. The number of carbonyl (C=O) groups is 1. The Balaban J connectivity index is 1.85. The molecule has 22 heavy (non-hydrogen) atoms. The summed E-state index contributed by atoms with van der Waals surface area (Å²) in [5.74, 6) is 0.731. The lowest BCUT2D eigenvalue weighted by molar-refractivity contribution is 0.102. The normalized spacial score (nSPS) is 14.9. The SMILES string of the molecule is CC(C)(C)n1nc(C(=O)Nc2ccc(N)nc2)cc1C1CC1. The van der Waals surface area contributed by atoms with Crippen LogP contribution in [0, 0.1) is 0 Å². The van der Waals surface area contributed by atoms with Gasteiger partial charge in [0.15, 0.2) is 5.69 Å². The van der Waals surface area contributed by atoms with Crippen molar-refractivity contribution < 1.29 is 4.79 Å². The number of anilines is 2. The average molecular weight is 299 g/mol. The summed E-state index contributed by atoms with van der Waals surface area (Å²) in [5.41, 5.74) is 7.59. The number of nitrogens with two attached hydrogens (primary N) is 1. The van der Waals surface area contributed by atoms with Crippen LogP contribution in [0.3, 0.4) is 0 Å². The van der Waals surface area contributed by atoms with Crippen molar-refractivity contribution >= 4 is 17.4 Å². The van der Waals surface area contributed by atoms with Crippen LogP contribution >= 0.6 is 0 Å². The van der Waals surface area contributed by atoms with Crippen LogP contribution in [0.1, 0.15) is 55.7 Å². The predicted molar refractivity (Wildman–Crippen MR) is 85.8 cm³/mol. The van der Waals surface area contributed by atoms with Crippen molar-refractivity contribution in [1.29, 1.82) is 0 Å². The van der Waals surface area contributed by atoms with Gasteiger partial charge in [0.2, 0.25) is 0 Å². The molecular formula is C16H21N5O. The van der Waals surface area contributed by atoms with Crippen molar-refractivity contribution in [2.75, 3.05) is 11.1 Å². The minimum Gasteiger partial charge on any atom is -0.384 e. The molecule has 1 aliphatic rings. The maximum atomic E-state index is 12.4. The van der Waals surface area contributed by atoms with Crippen LogP contribution in [0.4, 0.5) is 11.5 Å². The Hall–Kier alpha value is -2.37. The molecule has 2 aromatic heterocycles. The zero-order valence-corrected chi connectivity index (χ0v) is 13.1. The number of hydrogen-bond acceptors (Lipinski definition) is 4. The van der Waals surface area contributed by atoms with Crippen molar-refractivity contribution in [2.45, 2.75) is 45.1 Å². The summed E-state index contributed by atoms with van der Waals surface area (Å²) >= 11 is 0. The summed E-state index contributed by atoms with van der Waals surface area (Å²) < 4.78 is 1.97. The van der Waals surface area contributed by atoms with Gasteiger partial charge < -0.3 is 11.1 Å². The molecule has 0 spiro atoms. The van der Waals surface area contributed by atoms with E-state index < -0.39 is 0 Å². The Kier molecular flexibility index (Phi) is 3.39. The van der Waals surface area contributed by atoms with Gasteiger partial charge in [0, 0.05) is 11.6 Å². The van der Waals surface area contributed by atoms with Crippen molar-refractivity contribution in [3.05, 3.63) is 35.8 Å². The highest BCUT2D eigenvalue weighted by Crippen LogP contribution is 2.41. The average Bonchev–Trinajstić information content (AvgIpc) is 3.18. The largest absolute Gasteiger partial charge is 0.384 e. The van der Waals surface area contributed by atoms with E-state index in [0.717, 1.165) is 5.69 Å². The Morgan fingerprint density at radius 1 is 1.36 bits per heavy atom. The fourth-order valence-corrected chi connectivity index (χ4v) is 2.39. The molecule has 6 nitrogen and oxygen atoms in total. The number of nitrogen functional groups attached to an aromatic ring is 1. The number of aromatic nitrogens is 3. The maximum absolute atomic E-state index is 12.4. The third-order valence-corrected chi connectivity index (χ3v) is 3.64. The Morgan fingerprint density at radius 2 is 2.09 bits per heavy atom. The third kappa shape index (κ3) is 2.95. The third-order valence-electron chi connectivity index (χ3n) is 3.64. The van der Waals surface area contributed by atoms with Crippen LogP contribution in [0.15, 0.2) is 24.4 Å². The van der Waals surface area contributed by atoms with Gasteiger partial charge in [-0.1, -0.05) is 0 Å². The van der Waals surface area contributed by atoms with Crippen LogP contribution < -0.4 is 11.1 Å². The molecule has 0 saturated heterocycles. The fraction of sp³-hybridized carbons (Fsp3) is 0.438. The van der Waals surface area contributed by atoms with Crippen LogP contribution in [-0.2, 0) is 5.54 Å². The lowest BCUT2D eigenvalue weighted by Gasteiger charge is -2.22. The highest BCUT2D eigenvalue weighted by Gasteiger charge is 2.32. The van der Waals surface area contributed by atoms with E-state index in [0.29, 0.717) is 23.1 Å². The number of hydrogen-bond donors (Lipinski definition) is 2. The van der Waals surface area contributed by atoms with Crippen LogP contribution in [0.2, 0.25) is 0 Å². The summed E-state index contributed by atoms with van der Waals surface area (Å²) in [4.78, 5) is 16.4. The van der Waals surface area contributed by atoms with E-state index in [4.69, 9.17) is 5.73 Å². The van der Waals surface area contributed by atoms with Crippen LogP contribution in [0.5, 0.6) is 0 Å². The number of pyridine rings is 1. The molecule has 6 heteroatoms. The zero-order valence-electron chi connectivity index (χ0n) is 13.1. The van der Waals surface area contributed by atoms with E-state index in [2.05, 4.69) is 36.2 Å². The fourth-order valence-electron chi connectivity index (χ4n) is 2.39. The highest BCUT2D eigenvalue weighted by molar-refractivity contribution is 6.02. The first-order valence-corrected chi connectivity index (χ1v) is 7.48. The quantitative estimate of drug-likeness (QED) is 0.912. The Labute approximate surface area is 129 Å². The van der Waals surface area contributed by atoms with E-state index in [1.807, 2.05) is 10.7 Å². The van der Waals surface area contributed by atoms with Gasteiger partial charge in [0.25, 0.3) is 5.91 Å². The predicted octanol–water partition coefficient (Wildman–Crippen LogP) is 2.75. The maximum Gasteiger partial charge on any atom is 0.276 e. The van der Waals surface area contributed by atoms with E-state index in [-0.39, 0.29) is 11.4 Å². The second kappa shape index (κ2) is 5.12. The second-order valence-electron chi connectivity index (χ2n) is 6.74. The highest BCUT2D eigenvalue weighted by atomic mass is 16.2. The Morgan fingerprint density at radius 3 is 2.64 bits per heavy atom. The van der Waals surface area contributed by atoms with Gasteiger partial charge in [-0.15, -0.1) is 0 Å². The van der Waals surface area contributed by atoms with E-state index >= 15 is 0 Å². The number of nitrogens with zero attached hydrogens (tertiary/aromatic N) is 3. The molecule has 0 radical (unpaired) electrons. The molecule has 116 valence electrons. The molecule has 3 N–H and O–H groups in total. The molecule has 2 aromatic rings. The Bertz CT molecular complexity index is 692.